The Morgan fingerprint density at radius 1 is 1.28 bits per heavy atom. The second-order valence-corrected chi connectivity index (χ2v) is 5.06. The van der Waals surface area contributed by atoms with Gasteiger partial charge in [-0.25, -0.2) is 0 Å². The van der Waals surface area contributed by atoms with Gasteiger partial charge in [-0.3, -0.25) is 4.68 Å². The van der Waals surface area contributed by atoms with Crippen LogP contribution < -0.4 is 0 Å². The molecule has 0 spiro atoms. The molecular formula is C12H13N5S. The lowest BCUT2D eigenvalue weighted by Gasteiger charge is -2.06. The van der Waals surface area contributed by atoms with Crippen molar-refractivity contribution in [2.24, 2.45) is 7.05 Å². The largest absolute Gasteiger partial charge is 0.261 e. The molecule has 6 heteroatoms. The van der Waals surface area contributed by atoms with Crippen LogP contribution in [0, 0.1) is 32.1 Å². The number of nitrogens with zero attached hydrogens (tertiary/aromatic N) is 5. The number of rotatable bonds is 2. The van der Waals surface area contributed by atoms with Crippen molar-refractivity contribution in [3.63, 3.8) is 0 Å². The van der Waals surface area contributed by atoms with Gasteiger partial charge < -0.3 is 0 Å². The van der Waals surface area contributed by atoms with Gasteiger partial charge in [0.1, 0.15) is 16.1 Å². The minimum absolute atomic E-state index is 0.589. The van der Waals surface area contributed by atoms with E-state index in [0.29, 0.717) is 10.6 Å². The molecule has 2 aromatic rings. The molecule has 0 unspecified atom stereocenters. The van der Waals surface area contributed by atoms with Crippen LogP contribution in [0.15, 0.2) is 16.1 Å². The lowest BCUT2D eigenvalue weighted by atomic mass is 10.1. The van der Waals surface area contributed by atoms with E-state index in [9.17, 15) is 5.26 Å². The molecule has 5 nitrogen and oxygen atoms in total. The molecule has 2 aromatic heterocycles. The normalized spacial score (nSPS) is 10.4. The molecule has 0 amide bonds. The first-order chi connectivity index (χ1) is 8.52. The van der Waals surface area contributed by atoms with Gasteiger partial charge in [-0.15, -0.1) is 5.10 Å². The highest BCUT2D eigenvalue weighted by molar-refractivity contribution is 7.99. The molecule has 0 aromatic carbocycles. The zero-order valence-electron chi connectivity index (χ0n) is 10.7. The van der Waals surface area contributed by atoms with Crippen LogP contribution in [0.25, 0.3) is 0 Å². The van der Waals surface area contributed by atoms with Gasteiger partial charge in [0.15, 0.2) is 0 Å². The summed E-state index contributed by atoms with van der Waals surface area (Å²) >= 11 is 1.41. The first-order valence-corrected chi connectivity index (χ1v) is 6.27. The Balaban J connectivity index is 2.44. The average molecular weight is 259 g/mol. The molecule has 0 bridgehead atoms. The monoisotopic (exact) mass is 259 g/mol. The second-order valence-electron chi connectivity index (χ2n) is 4.05. The summed E-state index contributed by atoms with van der Waals surface area (Å²) < 4.78 is 1.78. The van der Waals surface area contributed by atoms with Gasteiger partial charge in [0.25, 0.3) is 0 Å². The summed E-state index contributed by atoms with van der Waals surface area (Å²) in [5.74, 6) is 0. The predicted octanol–water partition coefficient (Wildman–Crippen LogP) is 2.16. The Morgan fingerprint density at radius 3 is 2.56 bits per heavy atom. The first-order valence-electron chi connectivity index (χ1n) is 5.45. The molecule has 0 N–H and O–H groups in total. The Labute approximate surface area is 110 Å². The minimum Gasteiger partial charge on any atom is -0.261 e. The van der Waals surface area contributed by atoms with Crippen LogP contribution >= 0.6 is 11.8 Å². The van der Waals surface area contributed by atoms with Gasteiger partial charge in [-0.1, -0.05) is 0 Å². The molecule has 0 saturated heterocycles. The van der Waals surface area contributed by atoms with Crippen molar-refractivity contribution in [1.82, 2.24) is 20.0 Å². The quantitative estimate of drug-likeness (QED) is 0.826. The second kappa shape index (κ2) is 4.78. The van der Waals surface area contributed by atoms with E-state index in [1.165, 1.54) is 11.8 Å². The zero-order valence-corrected chi connectivity index (χ0v) is 11.5. The van der Waals surface area contributed by atoms with Gasteiger partial charge >= 0.3 is 0 Å². The van der Waals surface area contributed by atoms with Crippen molar-refractivity contribution < 1.29 is 0 Å². The zero-order chi connectivity index (χ0) is 13.3. The molecule has 0 saturated carbocycles. The van der Waals surface area contributed by atoms with E-state index < -0.39 is 0 Å². The van der Waals surface area contributed by atoms with E-state index in [-0.39, 0.29) is 0 Å². The van der Waals surface area contributed by atoms with E-state index in [0.717, 1.165) is 22.0 Å². The summed E-state index contributed by atoms with van der Waals surface area (Å²) in [5.41, 5.74) is 3.20. The standard InChI is InChI=1S/C12H13N5S/c1-7-5-11(17(4)16-7)18-12-10(6-13)8(2)9(3)14-15-12/h5H,1-4H3. The number of hydrogen-bond donors (Lipinski definition) is 0. The molecule has 0 aliphatic carbocycles. The topological polar surface area (TPSA) is 67.4 Å². The highest BCUT2D eigenvalue weighted by atomic mass is 32.2. The fraction of sp³-hybridized carbons (Fsp3) is 0.333. The van der Waals surface area contributed by atoms with Crippen molar-refractivity contribution in [3.8, 4) is 6.07 Å². The van der Waals surface area contributed by atoms with E-state index in [1.54, 1.807) is 4.68 Å². The number of aromatic nitrogens is 4. The molecule has 2 rings (SSSR count). The predicted molar refractivity (Wildman–Crippen MR) is 68.3 cm³/mol. The third kappa shape index (κ3) is 2.22. The Bertz CT molecular complexity index is 639. The van der Waals surface area contributed by atoms with Crippen LogP contribution in [0.3, 0.4) is 0 Å². The molecule has 2 heterocycles. The lowest BCUT2D eigenvalue weighted by molar-refractivity contribution is 0.691. The Kier molecular flexibility index (Phi) is 3.34. The smallest absolute Gasteiger partial charge is 0.143 e. The van der Waals surface area contributed by atoms with Gasteiger partial charge in [0, 0.05) is 7.05 Å². The molecule has 0 fully saturated rings. The SMILES string of the molecule is Cc1cc(Sc2nnc(C)c(C)c2C#N)n(C)n1. The van der Waals surface area contributed by atoms with E-state index in [4.69, 9.17) is 0 Å². The van der Waals surface area contributed by atoms with Crippen LogP contribution in [-0.2, 0) is 7.05 Å². The first kappa shape index (κ1) is 12.6. The van der Waals surface area contributed by atoms with Gasteiger partial charge in [-0.2, -0.15) is 15.5 Å². The van der Waals surface area contributed by atoms with Crippen LogP contribution in [-0.4, -0.2) is 20.0 Å². The number of aryl methyl sites for hydroxylation is 3. The Morgan fingerprint density at radius 2 is 2.00 bits per heavy atom. The van der Waals surface area contributed by atoms with Crippen LogP contribution in [0.4, 0.5) is 0 Å². The fourth-order valence-electron chi connectivity index (χ4n) is 1.57. The van der Waals surface area contributed by atoms with Crippen LogP contribution in [0.5, 0.6) is 0 Å². The maximum Gasteiger partial charge on any atom is 0.143 e. The molecule has 18 heavy (non-hydrogen) atoms. The van der Waals surface area contributed by atoms with E-state index in [1.807, 2.05) is 33.9 Å². The molecule has 0 atom stereocenters. The summed E-state index contributed by atoms with van der Waals surface area (Å²) in [4.78, 5) is 0. The fourth-order valence-corrected chi connectivity index (χ4v) is 2.55. The molecular weight excluding hydrogens is 246 g/mol. The van der Waals surface area contributed by atoms with E-state index >= 15 is 0 Å². The van der Waals surface area contributed by atoms with Gasteiger partial charge in [0.2, 0.25) is 0 Å². The van der Waals surface area contributed by atoms with Crippen molar-refractivity contribution >= 4 is 11.8 Å². The highest BCUT2D eigenvalue weighted by Gasteiger charge is 2.14. The highest BCUT2D eigenvalue weighted by Crippen LogP contribution is 2.29. The third-order valence-corrected chi connectivity index (χ3v) is 3.76. The van der Waals surface area contributed by atoms with Gasteiger partial charge in [-0.05, 0) is 44.2 Å². The maximum absolute atomic E-state index is 9.22. The third-order valence-electron chi connectivity index (χ3n) is 2.69. The maximum atomic E-state index is 9.22. The van der Waals surface area contributed by atoms with Crippen molar-refractivity contribution in [2.75, 3.05) is 0 Å². The summed E-state index contributed by atoms with van der Waals surface area (Å²) in [6.07, 6.45) is 0. The summed E-state index contributed by atoms with van der Waals surface area (Å²) in [6, 6.07) is 4.16. The number of nitriles is 1. The van der Waals surface area contributed by atoms with E-state index in [2.05, 4.69) is 21.4 Å². The Hall–Kier alpha value is -1.87. The van der Waals surface area contributed by atoms with Crippen molar-refractivity contribution in [3.05, 3.63) is 28.6 Å². The van der Waals surface area contributed by atoms with Gasteiger partial charge in [0.05, 0.1) is 17.0 Å². The molecule has 0 aliphatic rings. The molecule has 92 valence electrons. The summed E-state index contributed by atoms with van der Waals surface area (Å²) in [5, 5.41) is 23.2. The van der Waals surface area contributed by atoms with Crippen LogP contribution in [0.2, 0.25) is 0 Å². The average Bonchev–Trinajstić information content (AvgIpc) is 2.63. The van der Waals surface area contributed by atoms with Crippen LogP contribution in [0.1, 0.15) is 22.5 Å². The number of hydrogen-bond acceptors (Lipinski definition) is 5. The summed E-state index contributed by atoms with van der Waals surface area (Å²) in [7, 11) is 1.87. The molecule has 0 radical (unpaired) electrons. The lowest BCUT2D eigenvalue weighted by Crippen LogP contribution is -2.00. The minimum atomic E-state index is 0.589. The molecule has 0 aliphatic heterocycles. The summed E-state index contributed by atoms with van der Waals surface area (Å²) in [6.45, 7) is 5.67. The van der Waals surface area contributed by atoms with Crippen molar-refractivity contribution in [2.45, 2.75) is 30.8 Å². The van der Waals surface area contributed by atoms with Crippen molar-refractivity contribution in [1.29, 1.82) is 5.26 Å².